The molecule has 0 saturated heterocycles. The van der Waals surface area contributed by atoms with Gasteiger partial charge in [0.25, 0.3) is 5.91 Å². The van der Waals surface area contributed by atoms with Crippen molar-refractivity contribution in [2.24, 2.45) is 4.99 Å². The van der Waals surface area contributed by atoms with E-state index in [4.69, 9.17) is 24.2 Å². The third-order valence-electron chi connectivity index (χ3n) is 10.1. The molecule has 1 amide bonds. The first kappa shape index (κ1) is 45.0. The molecule has 0 spiro atoms. The van der Waals surface area contributed by atoms with Crippen molar-refractivity contribution in [3.05, 3.63) is 117 Å². The molecule has 1 aliphatic heterocycles. The van der Waals surface area contributed by atoms with Gasteiger partial charge in [0.15, 0.2) is 22.1 Å². The van der Waals surface area contributed by atoms with Crippen LogP contribution < -0.4 is 14.4 Å². The topological polar surface area (TPSA) is 98.5 Å². The van der Waals surface area contributed by atoms with Crippen LogP contribution in [0.2, 0.25) is 0 Å². The summed E-state index contributed by atoms with van der Waals surface area (Å²) in [5, 5.41) is 0. The molecule has 3 aromatic carbocycles. The fourth-order valence-electron chi connectivity index (χ4n) is 7.04. The lowest BCUT2D eigenvalue weighted by Crippen LogP contribution is -2.33. The van der Waals surface area contributed by atoms with Gasteiger partial charge in [-0.3, -0.25) is 9.36 Å². The van der Waals surface area contributed by atoms with E-state index in [9.17, 15) is 14.0 Å². The maximum atomic E-state index is 14.9. The number of hydrogen-bond donors (Lipinski definition) is 0. The second-order valence-corrected chi connectivity index (χ2v) is 23.0. The summed E-state index contributed by atoms with van der Waals surface area (Å²) in [6, 6.07) is 22.8. The number of ether oxygens (including phenoxy) is 3. The third-order valence-corrected chi connectivity index (χ3v) is 12.6. The molecule has 0 bridgehead atoms. The number of anilines is 1. The molecule has 0 radical (unpaired) electrons. The Bertz CT molecular complexity index is 2360. The Morgan fingerprint density at radius 1 is 0.967 bits per heavy atom. The normalized spacial score (nSPS) is 13.8. The Balaban J connectivity index is 1.19. The second-order valence-electron chi connectivity index (χ2n) is 17.4. The Kier molecular flexibility index (Phi) is 14.9. The first-order chi connectivity index (χ1) is 28.5. The maximum absolute atomic E-state index is 14.9. The molecular formula is C47H60FN5O5S2. The van der Waals surface area contributed by atoms with Crippen molar-refractivity contribution < 1.29 is 28.2 Å². The van der Waals surface area contributed by atoms with E-state index in [1.807, 2.05) is 94.0 Å². The summed E-state index contributed by atoms with van der Waals surface area (Å²) in [4.78, 5) is 42.2. The van der Waals surface area contributed by atoms with Crippen LogP contribution >= 0.6 is 21.4 Å². The number of aryl methyl sites for hydroxylation is 2. The van der Waals surface area contributed by atoms with Gasteiger partial charge in [-0.25, -0.2) is 24.2 Å². The third kappa shape index (κ3) is 12.3. The highest BCUT2D eigenvalue weighted by atomic mass is 32.3. The summed E-state index contributed by atoms with van der Waals surface area (Å²) in [5.74, 6) is 0.626. The molecule has 322 valence electrons. The van der Waals surface area contributed by atoms with Crippen LogP contribution in [0.1, 0.15) is 76.7 Å². The number of rotatable bonds is 17. The molecule has 0 N–H and O–H groups in total. The lowest BCUT2D eigenvalue weighted by molar-refractivity contribution is 0.00613. The van der Waals surface area contributed by atoms with E-state index in [-0.39, 0.29) is 29.8 Å². The zero-order valence-corrected chi connectivity index (χ0v) is 38.0. The molecule has 60 heavy (non-hydrogen) atoms. The predicted octanol–water partition coefficient (Wildman–Crippen LogP) is 8.67. The van der Waals surface area contributed by atoms with Gasteiger partial charge in [-0.1, -0.05) is 47.7 Å². The number of carbonyl (C=O) groups is 2. The molecule has 0 fully saturated rings. The number of thiazole rings is 1. The highest BCUT2D eigenvalue weighted by Crippen LogP contribution is 2.34. The molecule has 2 aromatic heterocycles. The number of nitrogens with zero attached hydrogens (tertiary/aromatic N) is 5. The Hall–Kier alpha value is -4.56. The minimum absolute atomic E-state index is 0.215. The van der Waals surface area contributed by atoms with E-state index in [1.165, 1.54) is 11.3 Å². The van der Waals surface area contributed by atoms with Crippen molar-refractivity contribution in [3.63, 3.8) is 0 Å². The van der Waals surface area contributed by atoms with Gasteiger partial charge >= 0.3 is 5.97 Å². The predicted molar refractivity (Wildman–Crippen MR) is 244 cm³/mol. The van der Waals surface area contributed by atoms with Crippen LogP contribution in [-0.2, 0) is 42.0 Å². The average Bonchev–Trinajstić information content (AvgIpc) is 3.53. The second kappa shape index (κ2) is 19.9. The average molecular weight is 858 g/mol. The van der Waals surface area contributed by atoms with E-state index in [2.05, 4.69) is 34.6 Å². The van der Waals surface area contributed by atoms with Crippen molar-refractivity contribution in [1.29, 1.82) is 0 Å². The van der Waals surface area contributed by atoms with Crippen molar-refractivity contribution in [2.45, 2.75) is 71.8 Å². The quantitative estimate of drug-likeness (QED) is 0.0678. The van der Waals surface area contributed by atoms with E-state index in [0.29, 0.717) is 61.9 Å². The van der Waals surface area contributed by atoms with E-state index >= 15 is 0 Å². The number of esters is 1. The Morgan fingerprint density at radius 2 is 1.77 bits per heavy atom. The monoisotopic (exact) mass is 857 g/mol. The van der Waals surface area contributed by atoms with Crippen molar-refractivity contribution in [3.8, 4) is 5.75 Å². The van der Waals surface area contributed by atoms with Gasteiger partial charge in [-0.15, -0.1) is 0 Å². The van der Waals surface area contributed by atoms with Gasteiger partial charge in [-0.05, 0) is 151 Å². The number of aromatic nitrogens is 2. The molecule has 10 nitrogen and oxygen atoms in total. The van der Waals surface area contributed by atoms with Crippen LogP contribution in [0.25, 0.3) is 10.2 Å². The molecule has 0 atom stereocenters. The maximum Gasteiger partial charge on any atom is 0.357 e. The number of carbonyl (C=O) groups excluding carboxylic acids is 2. The number of amides is 1. The van der Waals surface area contributed by atoms with Gasteiger partial charge in [0.05, 0.1) is 23.4 Å². The number of halogens is 1. The van der Waals surface area contributed by atoms with Crippen LogP contribution in [0, 0.1) is 5.82 Å². The number of para-hydroxylation sites is 1. The molecule has 1 aliphatic rings. The van der Waals surface area contributed by atoms with Gasteiger partial charge < -0.3 is 24.0 Å². The number of fused-ring (bicyclic) bond motifs is 2. The molecule has 0 saturated carbocycles. The minimum atomic E-state index is -0.722. The minimum Gasteiger partial charge on any atom is -0.491 e. The van der Waals surface area contributed by atoms with E-state index in [1.54, 1.807) is 12.1 Å². The fourth-order valence-corrected chi connectivity index (χ4v) is 8.67. The number of hydrogen-bond acceptors (Lipinski definition) is 9. The summed E-state index contributed by atoms with van der Waals surface area (Å²) in [6.45, 7) is 8.72. The molecule has 0 unspecified atom stereocenters. The first-order valence-corrected chi connectivity index (χ1v) is 24.4. The van der Waals surface area contributed by atoms with Crippen LogP contribution in [0.3, 0.4) is 0 Å². The van der Waals surface area contributed by atoms with E-state index in [0.717, 1.165) is 57.6 Å². The summed E-state index contributed by atoms with van der Waals surface area (Å²) in [6.07, 6.45) is 10.3. The van der Waals surface area contributed by atoms with Gasteiger partial charge in [0, 0.05) is 24.4 Å². The molecule has 5 aromatic rings. The lowest BCUT2D eigenvalue weighted by atomic mass is 9.94. The smallest absolute Gasteiger partial charge is 0.357 e. The highest BCUT2D eigenvalue weighted by Gasteiger charge is 2.27. The zero-order chi connectivity index (χ0) is 43.0. The standard InChI is InChI=1S/C47H60FN5O5S2/c1-47(2,3)58-45(55)43-35(16-13-27-57-40-22-20-33(30-38(40)48)14-12-25-51(4)5)21-23-42(49-43)52-26-24-34-15-11-17-36(37(34)31-52)44(54)50-46-53(32-56-28-29-60(6,7)8)39-18-9-10-19-41(39)59-46/h9-11,15,17-23,30H,12-14,16,24-29,31-32H2,1-8H3. The summed E-state index contributed by atoms with van der Waals surface area (Å²) < 4.78 is 35.7. The van der Waals surface area contributed by atoms with Gasteiger partial charge in [-0.2, -0.15) is 4.99 Å². The molecular weight excluding hydrogens is 798 g/mol. The Morgan fingerprint density at radius 3 is 2.52 bits per heavy atom. The summed E-state index contributed by atoms with van der Waals surface area (Å²) in [5.41, 5.74) is 4.68. The fraction of sp³-hybridized carbons (Fsp3) is 0.447. The van der Waals surface area contributed by atoms with E-state index < -0.39 is 21.6 Å². The molecule has 3 heterocycles. The zero-order valence-electron chi connectivity index (χ0n) is 36.4. The molecule has 6 rings (SSSR count). The van der Waals surface area contributed by atoms with Crippen LogP contribution in [0.4, 0.5) is 10.2 Å². The number of benzene rings is 3. The highest BCUT2D eigenvalue weighted by molar-refractivity contribution is 8.32. The van der Waals surface area contributed by atoms with Gasteiger partial charge in [0.1, 0.15) is 18.1 Å². The van der Waals surface area contributed by atoms with Crippen molar-refractivity contribution in [2.75, 3.05) is 69.8 Å². The van der Waals surface area contributed by atoms with Crippen LogP contribution in [0.5, 0.6) is 5.75 Å². The lowest BCUT2D eigenvalue weighted by Gasteiger charge is -2.31. The first-order valence-electron chi connectivity index (χ1n) is 20.6. The van der Waals surface area contributed by atoms with Crippen molar-refractivity contribution >= 4 is 49.3 Å². The van der Waals surface area contributed by atoms with Crippen molar-refractivity contribution in [1.82, 2.24) is 14.5 Å². The van der Waals surface area contributed by atoms with Gasteiger partial charge in [0.2, 0.25) is 0 Å². The summed E-state index contributed by atoms with van der Waals surface area (Å²) >= 11 is 1.47. The Labute approximate surface area is 359 Å². The van der Waals surface area contributed by atoms with Crippen LogP contribution in [0.15, 0.2) is 77.8 Å². The number of pyridine rings is 1. The SMILES string of the molecule is CN(C)CCCc1ccc(OCCCc2ccc(N3CCc4cccc(C(=O)N=c5sc6ccccc6n5COCCS(C)(C)C)c4C3)nc2C(=O)OC(C)(C)C)c(F)c1. The molecule has 13 heteroatoms. The molecule has 0 aliphatic carbocycles. The van der Waals surface area contributed by atoms with Crippen LogP contribution in [-0.4, -0.2) is 96.8 Å². The summed E-state index contributed by atoms with van der Waals surface area (Å²) in [7, 11) is 3.36. The largest absolute Gasteiger partial charge is 0.491 e.